The minimum atomic E-state index is -4.70. The lowest BCUT2D eigenvalue weighted by atomic mass is 9.83. The lowest BCUT2D eigenvalue weighted by Crippen LogP contribution is -2.50. The van der Waals surface area contributed by atoms with Crippen molar-refractivity contribution < 1.29 is 23.1 Å². The molecule has 2 aromatic carbocycles. The molecule has 0 aliphatic carbocycles. The molecule has 30 heavy (non-hydrogen) atoms. The lowest BCUT2D eigenvalue weighted by Gasteiger charge is -2.37. The fourth-order valence-electron chi connectivity index (χ4n) is 3.59. The Bertz CT molecular complexity index is 1010. The molecule has 1 unspecified atom stereocenters. The van der Waals surface area contributed by atoms with Gasteiger partial charge >= 0.3 is 6.18 Å². The van der Waals surface area contributed by atoms with Gasteiger partial charge in [0.05, 0.1) is 12.3 Å². The van der Waals surface area contributed by atoms with Crippen molar-refractivity contribution in [2.45, 2.75) is 24.7 Å². The summed E-state index contributed by atoms with van der Waals surface area (Å²) < 4.78 is 43.2. The predicted octanol–water partition coefficient (Wildman–Crippen LogP) is 4.34. The molecule has 10 heteroatoms. The highest BCUT2D eigenvalue weighted by Gasteiger charge is 2.62. The predicted molar refractivity (Wildman–Crippen MR) is 109 cm³/mol. The molecular weight excluding hydrogens is 442 g/mol. The van der Waals surface area contributed by atoms with E-state index in [-0.39, 0.29) is 33.5 Å². The highest BCUT2D eigenvalue weighted by Crippen LogP contribution is 2.50. The fraction of sp³-hybridized carbons (Fsp3) is 0.300. The second kappa shape index (κ2) is 8.09. The number of carbonyl (C=O) groups excluding carboxylic acids is 1. The van der Waals surface area contributed by atoms with E-state index in [1.807, 2.05) is 0 Å². The van der Waals surface area contributed by atoms with Gasteiger partial charge in [-0.25, -0.2) is 0 Å². The molecule has 1 amide bonds. The van der Waals surface area contributed by atoms with Crippen LogP contribution in [0.15, 0.2) is 41.5 Å². The molecule has 2 N–H and O–H groups in total. The third kappa shape index (κ3) is 3.75. The van der Waals surface area contributed by atoms with Crippen LogP contribution in [0.4, 0.5) is 13.2 Å². The fourth-order valence-corrected chi connectivity index (χ4v) is 4.11. The van der Waals surface area contributed by atoms with Crippen LogP contribution in [0.25, 0.3) is 0 Å². The first-order valence-corrected chi connectivity index (χ1v) is 9.60. The summed E-state index contributed by atoms with van der Waals surface area (Å²) in [4.78, 5) is 12.1. The lowest BCUT2D eigenvalue weighted by molar-refractivity contribution is -0.227. The Balaban J connectivity index is 2.11. The summed E-state index contributed by atoms with van der Waals surface area (Å²) >= 11 is 11.9. The Kier molecular flexibility index (Phi) is 6.04. The van der Waals surface area contributed by atoms with Gasteiger partial charge in [0.15, 0.2) is 5.54 Å². The molecule has 3 rings (SSSR count). The van der Waals surface area contributed by atoms with Crippen molar-refractivity contribution in [3.63, 3.8) is 0 Å². The number of nitrogens with zero attached hydrogens (tertiary/aromatic N) is 2. The summed E-state index contributed by atoms with van der Waals surface area (Å²) in [5.41, 5.74) is -1.60. The van der Waals surface area contributed by atoms with Gasteiger partial charge in [0.2, 0.25) is 0 Å². The van der Waals surface area contributed by atoms with E-state index in [2.05, 4.69) is 10.4 Å². The van der Waals surface area contributed by atoms with Crippen LogP contribution in [0.5, 0.6) is 0 Å². The van der Waals surface area contributed by atoms with Gasteiger partial charge in [-0.3, -0.25) is 9.80 Å². The van der Waals surface area contributed by atoms with Crippen LogP contribution in [-0.4, -0.2) is 42.0 Å². The first-order chi connectivity index (χ1) is 14.0. The monoisotopic (exact) mass is 459 g/mol. The zero-order chi connectivity index (χ0) is 22.3. The number of aliphatic hydroxyl groups excluding tert-OH is 1. The average Bonchev–Trinajstić information content (AvgIpc) is 3.04. The first kappa shape index (κ1) is 22.4. The molecule has 0 spiro atoms. The highest BCUT2D eigenvalue weighted by molar-refractivity contribution is 6.34. The number of aliphatic hydroxyl groups is 1. The third-order valence-corrected chi connectivity index (χ3v) is 5.58. The van der Waals surface area contributed by atoms with Crippen LogP contribution in [0.1, 0.15) is 33.5 Å². The van der Waals surface area contributed by atoms with Crippen molar-refractivity contribution in [2.24, 2.45) is 5.10 Å². The topological polar surface area (TPSA) is 64.9 Å². The summed E-state index contributed by atoms with van der Waals surface area (Å²) in [6.07, 6.45) is -5.20. The van der Waals surface area contributed by atoms with Crippen LogP contribution in [0, 0.1) is 0 Å². The molecule has 1 heterocycles. The molecule has 160 valence electrons. The molecule has 1 aliphatic rings. The van der Waals surface area contributed by atoms with Crippen molar-refractivity contribution in [2.75, 3.05) is 14.1 Å². The highest BCUT2D eigenvalue weighted by atomic mass is 35.5. The SMILES string of the molecule is CNC(=O)c1cc(C2=NN(C)C(c3cc(Cl)cc(Cl)c3)(C(F)(F)F)C2)ccc1CO. The average molecular weight is 460 g/mol. The second-order valence-electron chi connectivity index (χ2n) is 6.87. The number of carbonyl (C=O) groups is 1. The minimum absolute atomic E-state index is 0.0807. The molecule has 2 aromatic rings. The standard InChI is InChI=1S/C20H18Cl2F3N3O2/c1-26-18(30)16-5-11(3-4-12(16)10-29)17-9-19(20(23,24)25,28(2)27-17)13-6-14(21)8-15(22)7-13/h3-8,29H,9-10H2,1-2H3,(H,26,30). The number of hydrogen-bond acceptors (Lipinski definition) is 4. The van der Waals surface area contributed by atoms with Gasteiger partial charge in [0, 0.05) is 36.1 Å². The van der Waals surface area contributed by atoms with E-state index in [4.69, 9.17) is 23.2 Å². The summed E-state index contributed by atoms with van der Waals surface area (Å²) in [6.45, 7) is -0.386. The third-order valence-electron chi connectivity index (χ3n) is 5.14. The maximum atomic E-state index is 14.4. The molecular formula is C20H18Cl2F3N3O2. The quantitative estimate of drug-likeness (QED) is 0.714. The van der Waals surface area contributed by atoms with Crippen LogP contribution in [0.2, 0.25) is 10.0 Å². The van der Waals surface area contributed by atoms with Crippen molar-refractivity contribution in [3.8, 4) is 0 Å². The normalized spacial score (nSPS) is 19.1. The summed E-state index contributed by atoms with van der Waals surface area (Å²) in [5.74, 6) is -0.462. The molecule has 0 radical (unpaired) electrons. The molecule has 5 nitrogen and oxygen atoms in total. The second-order valence-corrected chi connectivity index (χ2v) is 7.75. The summed E-state index contributed by atoms with van der Waals surface area (Å²) in [5, 5.41) is 17.1. The smallest absolute Gasteiger partial charge is 0.392 e. The van der Waals surface area contributed by atoms with E-state index in [0.29, 0.717) is 11.1 Å². The molecule has 0 saturated heterocycles. The van der Waals surface area contributed by atoms with E-state index < -0.39 is 24.0 Å². The Morgan fingerprint density at radius 1 is 1.23 bits per heavy atom. The van der Waals surface area contributed by atoms with E-state index in [1.165, 1.54) is 50.5 Å². The maximum Gasteiger partial charge on any atom is 0.417 e. The van der Waals surface area contributed by atoms with Crippen molar-refractivity contribution in [1.29, 1.82) is 0 Å². The van der Waals surface area contributed by atoms with Gasteiger partial charge in [-0.15, -0.1) is 0 Å². The number of hydrogen-bond donors (Lipinski definition) is 2. The van der Waals surface area contributed by atoms with Gasteiger partial charge in [-0.05, 0) is 41.0 Å². The summed E-state index contributed by atoms with van der Waals surface area (Å²) in [7, 11) is 2.66. The zero-order valence-corrected chi connectivity index (χ0v) is 17.5. The van der Waals surface area contributed by atoms with Gasteiger partial charge < -0.3 is 10.4 Å². The number of benzene rings is 2. The molecule has 0 aromatic heterocycles. The van der Waals surface area contributed by atoms with Gasteiger partial charge in [-0.1, -0.05) is 35.3 Å². The number of nitrogens with one attached hydrogen (secondary N) is 1. The van der Waals surface area contributed by atoms with Crippen molar-refractivity contribution in [1.82, 2.24) is 10.3 Å². The Labute approximate surface area is 181 Å². The van der Waals surface area contributed by atoms with Crippen LogP contribution in [0.3, 0.4) is 0 Å². The Morgan fingerprint density at radius 3 is 2.40 bits per heavy atom. The number of alkyl halides is 3. The van der Waals surface area contributed by atoms with E-state index in [9.17, 15) is 23.1 Å². The zero-order valence-electron chi connectivity index (χ0n) is 16.0. The molecule has 0 fully saturated rings. The Morgan fingerprint density at radius 2 is 1.87 bits per heavy atom. The minimum Gasteiger partial charge on any atom is -0.392 e. The largest absolute Gasteiger partial charge is 0.417 e. The Hall–Kier alpha value is -2.29. The number of amides is 1. The summed E-state index contributed by atoms with van der Waals surface area (Å²) in [6, 6.07) is 8.25. The van der Waals surface area contributed by atoms with Gasteiger partial charge in [0.1, 0.15) is 0 Å². The van der Waals surface area contributed by atoms with E-state index in [0.717, 1.165) is 5.01 Å². The van der Waals surface area contributed by atoms with Gasteiger partial charge in [0.25, 0.3) is 5.91 Å². The van der Waals surface area contributed by atoms with Crippen molar-refractivity contribution in [3.05, 3.63) is 68.7 Å². The number of halogens is 5. The maximum absolute atomic E-state index is 14.4. The van der Waals surface area contributed by atoms with Gasteiger partial charge in [-0.2, -0.15) is 18.3 Å². The van der Waals surface area contributed by atoms with Crippen LogP contribution < -0.4 is 5.32 Å². The van der Waals surface area contributed by atoms with Crippen LogP contribution in [-0.2, 0) is 12.1 Å². The first-order valence-electron chi connectivity index (χ1n) is 8.84. The molecule has 0 saturated carbocycles. The van der Waals surface area contributed by atoms with Crippen molar-refractivity contribution >= 4 is 34.8 Å². The van der Waals surface area contributed by atoms with E-state index >= 15 is 0 Å². The molecule has 1 aliphatic heterocycles. The number of rotatable bonds is 4. The number of hydrazone groups is 1. The van der Waals surface area contributed by atoms with E-state index in [1.54, 1.807) is 0 Å². The van der Waals surface area contributed by atoms with Crippen LogP contribution >= 0.6 is 23.2 Å². The molecule has 1 atom stereocenters. The molecule has 0 bridgehead atoms.